The van der Waals surface area contributed by atoms with Crippen molar-refractivity contribution in [2.24, 2.45) is 0 Å². The van der Waals surface area contributed by atoms with Crippen LogP contribution in [0.4, 0.5) is 5.69 Å². The van der Waals surface area contributed by atoms with Crippen LogP contribution in [0.3, 0.4) is 0 Å². The molecule has 6 nitrogen and oxygen atoms in total. The minimum absolute atomic E-state index is 0.00449. The molecule has 0 spiro atoms. The van der Waals surface area contributed by atoms with Gasteiger partial charge in [-0.1, -0.05) is 84.4 Å². The van der Waals surface area contributed by atoms with Crippen LogP contribution >= 0.6 is 34.7 Å². The van der Waals surface area contributed by atoms with Gasteiger partial charge in [-0.05, 0) is 49.0 Å². The Morgan fingerprint density at radius 2 is 1.77 bits per heavy atom. The number of anilines is 1. The van der Waals surface area contributed by atoms with E-state index in [1.807, 2.05) is 31.2 Å². The number of aromatic nitrogens is 1. The Labute approximate surface area is 219 Å². The third kappa shape index (κ3) is 5.63. The summed E-state index contributed by atoms with van der Waals surface area (Å²) in [5, 5.41) is 3.26. The van der Waals surface area contributed by atoms with Gasteiger partial charge in [0.1, 0.15) is 21.2 Å². The van der Waals surface area contributed by atoms with E-state index in [9.17, 15) is 9.59 Å². The number of rotatable bonds is 7. The highest BCUT2D eigenvalue weighted by Gasteiger charge is 2.37. The average Bonchev–Trinajstić information content (AvgIpc) is 3.21. The van der Waals surface area contributed by atoms with Gasteiger partial charge in [0.25, 0.3) is 5.91 Å². The number of benzene rings is 2. The summed E-state index contributed by atoms with van der Waals surface area (Å²) in [6.07, 6.45) is 5.15. The van der Waals surface area contributed by atoms with E-state index in [0.717, 1.165) is 42.8 Å². The first-order valence-electron chi connectivity index (χ1n) is 11.5. The molecule has 2 aromatic carbocycles. The lowest BCUT2D eigenvalue weighted by Gasteiger charge is -2.33. The summed E-state index contributed by atoms with van der Waals surface area (Å²) >= 11 is 13.4. The summed E-state index contributed by atoms with van der Waals surface area (Å²) in [7, 11) is 1.52. The summed E-state index contributed by atoms with van der Waals surface area (Å²) in [6, 6.07) is 13.8. The maximum Gasteiger partial charge on any atom is 0.280 e. The molecule has 0 bridgehead atoms. The number of halogens is 2. The lowest BCUT2D eigenvalue weighted by Crippen LogP contribution is -2.47. The van der Waals surface area contributed by atoms with Crippen LogP contribution in [0.1, 0.15) is 59.8 Å². The predicted octanol–water partition coefficient (Wildman–Crippen LogP) is 6.60. The standard InChI is InChI=1S/C26H27Cl2N3O3S/c1-16-12-14-17(15-13-16)23(25(32)29-18-8-4-3-5-9-18)31(19-10-6-7-11-20(19)34-2)26(33)22-21(27)24(28)35-30-22/h6-7,10-15,18,23H,3-5,8-9H2,1-2H3,(H,29,32)/t23-/m1/s1. The lowest BCUT2D eigenvalue weighted by atomic mass is 9.94. The van der Waals surface area contributed by atoms with Crippen molar-refractivity contribution in [3.63, 3.8) is 0 Å². The van der Waals surface area contributed by atoms with Gasteiger partial charge in [0.2, 0.25) is 5.91 Å². The van der Waals surface area contributed by atoms with Crippen LogP contribution in [0, 0.1) is 6.92 Å². The van der Waals surface area contributed by atoms with E-state index in [2.05, 4.69) is 9.69 Å². The molecule has 1 fully saturated rings. The highest BCUT2D eigenvalue weighted by Crippen LogP contribution is 2.38. The third-order valence-electron chi connectivity index (χ3n) is 6.21. The Balaban J connectivity index is 1.85. The van der Waals surface area contributed by atoms with Crippen LogP contribution in [0.5, 0.6) is 5.75 Å². The van der Waals surface area contributed by atoms with Crippen LogP contribution in [0.25, 0.3) is 0 Å². The van der Waals surface area contributed by atoms with E-state index in [-0.39, 0.29) is 27.0 Å². The molecule has 3 aromatic rings. The number of methoxy groups -OCH3 is 1. The molecule has 9 heteroatoms. The Bertz CT molecular complexity index is 1190. The van der Waals surface area contributed by atoms with E-state index in [1.54, 1.807) is 24.3 Å². The van der Waals surface area contributed by atoms with Crippen LogP contribution < -0.4 is 15.0 Å². The summed E-state index contributed by atoms with van der Waals surface area (Å²) in [4.78, 5) is 29.3. The van der Waals surface area contributed by atoms with Crippen LogP contribution in [-0.2, 0) is 4.79 Å². The zero-order valence-electron chi connectivity index (χ0n) is 19.6. The Hall–Kier alpha value is -2.61. The monoisotopic (exact) mass is 531 g/mol. The fourth-order valence-electron chi connectivity index (χ4n) is 4.39. The second-order valence-corrected chi connectivity index (χ2v) is 10.4. The lowest BCUT2D eigenvalue weighted by molar-refractivity contribution is -0.123. The molecule has 0 radical (unpaired) electrons. The SMILES string of the molecule is COc1ccccc1N(C(=O)c1nsc(Cl)c1Cl)[C@@H](C(=O)NC1CCCCC1)c1ccc(C)cc1. The number of carbonyl (C=O) groups is 2. The van der Waals surface area contributed by atoms with E-state index in [0.29, 0.717) is 17.0 Å². The Kier molecular flexibility index (Phi) is 8.31. The maximum atomic E-state index is 14.0. The number of nitrogens with zero attached hydrogens (tertiary/aromatic N) is 2. The number of hydrogen-bond donors (Lipinski definition) is 1. The van der Waals surface area contributed by atoms with Crippen LogP contribution in [0.2, 0.25) is 9.36 Å². The Morgan fingerprint density at radius 3 is 2.40 bits per heavy atom. The molecule has 1 heterocycles. The largest absolute Gasteiger partial charge is 0.495 e. The van der Waals surface area contributed by atoms with Crippen molar-refractivity contribution in [3.8, 4) is 5.75 Å². The highest BCUT2D eigenvalue weighted by molar-refractivity contribution is 7.11. The molecule has 0 aliphatic heterocycles. The zero-order valence-corrected chi connectivity index (χ0v) is 21.9. The van der Waals surface area contributed by atoms with Gasteiger partial charge in [0.15, 0.2) is 5.69 Å². The molecule has 2 amide bonds. The predicted molar refractivity (Wildman–Crippen MR) is 141 cm³/mol. The molecular weight excluding hydrogens is 505 g/mol. The van der Waals surface area contributed by atoms with Crippen molar-refractivity contribution in [2.45, 2.75) is 51.1 Å². The van der Waals surface area contributed by atoms with Crippen molar-refractivity contribution >= 4 is 52.2 Å². The summed E-state index contributed by atoms with van der Waals surface area (Å²) in [6.45, 7) is 1.97. The fraction of sp³-hybridized carbons (Fsp3) is 0.346. The average molecular weight is 532 g/mol. The second-order valence-electron chi connectivity index (χ2n) is 8.62. The summed E-state index contributed by atoms with van der Waals surface area (Å²) in [5.74, 6) is -0.356. The van der Waals surface area contributed by atoms with Crippen molar-refractivity contribution in [3.05, 3.63) is 74.7 Å². The van der Waals surface area contributed by atoms with E-state index < -0.39 is 11.9 Å². The van der Waals surface area contributed by atoms with Gasteiger partial charge in [-0.3, -0.25) is 14.5 Å². The smallest absolute Gasteiger partial charge is 0.280 e. The van der Waals surface area contributed by atoms with E-state index in [4.69, 9.17) is 27.9 Å². The molecule has 1 atom stereocenters. The normalized spacial score (nSPS) is 14.9. The molecule has 1 aliphatic rings. The third-order valence-corrected chi connectivity index (χ3v) is 7.83. The van der Waals surface area contributed by atoms with Gasteiger partial charge in [0, 0.05) is 6.04 Å². The number of hydrogen-bond acceptors (Lipinski definition) is 5. The van der Waals surface area contributed by atoms with Gasteiger partial charge in [-0.15, -0.1) is 0 Å². The van der Waals surface area contributed by atoms with Crippen molar-refractivity contribution in [2.75, 3.05) is 12.0 Å². The minimum atomic E-state index is -0.974. The number of aryl methyl sites for hydroxylation is 1. The molecule has 0 unspecified atom stereocenters. The molecule has 1 aliphatic carbocycles. The second kappa shape index (κ2) is 11.4. The first-order chi connectivity index (χ1) is 16.9. The van der Waals surface area contributed by atoms with E-state index in [1.165, 1.54) is 18.4 Å². The number of carbonyl (C=O) groups excluding carboxylic acids is 2. The number of para-hydroxylation sites is 2. The number of ether oxygens (including phenoxy) is 1. The topological polar surface area (TPSA) is 71.5 Å². The van der Waals surface area contributed by atoms with E-state index >= 15 is 0 Å². The molecular formula is C26H27Cl2N3O3S. The molecule has 184 valence electrons. The van der Waals surface area contributed by atoms with Crippen molar-refractivity contribution in [1.29, 1.82) is 0 Å². The summed E-state index contributed by atoms with van der Waals surface area (Å²) < 4.78 is 9.99. The van der Waals surface area contributed by atoms with Crippen LogP contribution in [0.15, 0.2) is 48.5 Å². The molecule has 35 heavy (non-hydrogen) atoms. The van der Waals surface area contributed by atoms with Gasteiger partial charge in [-0.25, -0.2) is 0 Å². The zero-order chi connectivity index (χ0) is 24.9. The number of nitrogens with one attached hydrogen (secondary N) is 1. The molecule has 1 saturated carbocycles. The summed E-state index contributed by atoms with van der Waals surface area (Å²) in [5.41, 5.74) is 2.14. The van der Waals surface area contributed by atoms with Crippen LogP contribution in [-0.4, -0.2) is 29.3 Å². The van der Waals surface area contributed by atoms with Gasteiger partial charge >= 0.3 is 0 Å². The first kappa shape index (κ1) is 25.5. The fourth-order valence-corrected chi connectivity index (χ4v) is 5.38. The highest BCUT2D eigenvalue weighted by atomic mass is 35.5. The Morgan fingerprint density at radius 1 is 1.09 bits per heavy atom. The van der Waals surface area contributed by atoms with Crippen molar-refractivity contribution in [1.82, 2.24) is 9.69 Å². The molecule has 1 N–H and O–H groups in total. The molecule has 0 saturated heterocycles. The van der Waals surface area contributed by atoms with Gasteiger partial charge in [-0.2, -0.15) is 4.37 Å². The van der Waals surface area contributed by atoms with Crippen molar-refractivity contribution < 1.29 is 14.3 Å². The first-order valence-corrected chi connectivity index (χ1v) is 13.1. The van der Waals surface area contributed by atoms with Gasteiger partial charge < -0.3 is 10.1 Å². The maximum absolute atomic E-state index is 14.0. The molecule has 1 aromatic heterocycles. The minimum Gasteiger partial charge on any atom is -0.495 e. The van der Waals surface area contributed by atoms with Gasteiger partial charge in [0.05, 0.1) is 12.8 Å². The number of amides is 2. The quantitative estimate of drug-likeness (QED) is 0.372. The molecule has 4 rings (SSSR count).